The van der Waals surface area contributed by atoms with Crippen LogP contribution < -0.4 is 5.32 Å². The zero-order valence-electron chi connectivity index (χ0n) is 51.1. The Balaban J connectivity index is 3.42. The molecule has 0 aliphatic rings. The fourth-order valence-corrected chi connectivity index (χ4v) is 11.1. The zero-order chi connectivity index (χ0) is 54.3. The summed E-state index contributed by atoms with van der Waals surface area (Å²) in [6, 6.07) is -0.549. The van der Waals surface area contributed by atoms with Crippen molar-refractivity contribution in [3.63, 3.8) is 0 Å². The summed E-state index contributed by atoms with van der Waals surface area (Å²) in [7, 11) is 0. The highest BCUT2D eigenvalue weighted by Crippen LogP contribution is 2.19. The van der Waals surface area contributed by atoms with Crippen molar-refractivity contribution in [2.24, 2.45) is 0 Å². The molecule has 0 aromatic rings. The van der Waals surface area contributed by atoms with Gasteiger partial charge in [0.1, 0.15) is 0 Å². The first-order valence-corrected chi connectivity index (χ1v) is 34.4. The van der Waals surface area contributed by atoms with Crippen molar-refractivity contribution in [3.05, 3.63) is 12.2 Å². The Hall–Kier alpha value is -1.40. The summed E-state index contributed by atoms with van der Waals surface area (Å²) in [4.78, 5) is 24.6. The molecule has 2 unspecified atom stereocenters. The molecule has 0 aromatic carbocycles. The van der Waals surface area contributed by atoms with E-state index in [1.165, 1.54) is 321 Å². The van der Waals surface area contributed by atoms with E-state index in [0.29, 0.717) is 25.9 Å². The number of esters is 1. The fourth-order valence-electron chi connectivity index (χ4n) is 11.1. The van der Waals surface area contributed by atoms with Crippen LogP contribution in [0.4, 0.5) is 0 Å². The maximum absolute atomic E-state index is 12.5. The molecule has 0 radical (unpaired) electrons. The molecule has 0 aliphatic carbocycles. The lowest BCUT2D eigenvalue weighted by molar-refractivity contribution is -0.143. The third-order valence-corrected chi connectivity index (χ3v) is 16.3. The molecular weight excluding hydrogens is 923 g/mol. The molecule has 0 spiro atoms. The quantitative estimate of drug-likeness (QED) is 0.0320. The number of amides is 1. The van der Waals surface area contributed by atoms with E-state index < -0.39 is 12.1 Å². The molecule has 0 aliphatic heterocycles. The highest BCUT2D eigenvalue weighted by molar-refractivity contribution is 5.76. The molecule has 446 valence electrons. The van der Waals surface area contributed by atoms with E-state index in [9.17, 15) is 19.8 Å². The second kappa shape index (κ2) is 65.1. The first-order valence-electron chi connectivity index (χ1n) is 34.4. The maximum Gasteiger partial charge on any atom is 0.305 e. The van der Waals surface area contributed by atoms with Gasteiger partial charge < -0.3 is 20.3 Å². The van der Waals surface area contributed by atoms with E-state index in [1.807, 2.05) is 0 Å². The number of rotatable bonds is 65. The van der Waals surface area contributed by atoms with Crippen LogP contribution in [0.25, 0.3) is 0 Å². The Morgan fingerprint density at radius 3 is 0.947 bits per heavy atom. The largest absolute Gasteiger partial charge is 0.466 e. The zero-order valence-corrected chi connectivity index (χ0v) is 51.1. The van der Waals surface area contributed by atoms with E-state index in [1.54, 1.807) is 0 Å². The Bertz CT molecular complexity index is 1130. The van der Waals surface area contributed by atoms with Gasteiger partial charge in [0.05, 0.1) is 25.4 Å². The molecule has 6 nitrogen and oxygen atoms in total. The third-order valence-electron chi connectivity index (χ3n) is 16.3. The lowest BCUT2D eigenvalue weighted by Crippen LogP contribution is -2.45. The normalized spacial score (nSPS) is 12.5. The molecule has 75 heavy (non-hydrogen) atoms. The van der Waals surface area contributed by atoms with Crippen molar-refractivity contribution in [2.75, 3.05) is 13.2 Å². The average molecular weight is 1060 g/mol. The van der Waals surface area contributed by atoms with Gasteiger partial charge in [0, 0.05) is 12.8 Å². The van der Waals surface area contributed by atoms with Crippen LogP contribution in [0.15, 0.2) is 12.2 Å². The third kappa shape index (κ3) is 61.7. The van der Waals surface area contributed by atoms with Crippen LogP contribution in [0.1, 0.15) is 393 Å². The van der Waals surface area contributed by atoms with Crippen LogP contribution in [0.2, 0.25) is 0 Å². The first-order chi connectivity index (χ1) is 37.0. The molecule has 0 saturated carbocycles. The molecule has 0 aromatic heterocycles. The minimum atomic E-state index is -0.671. The Labute approximate surface area is 469 Å². The van der Waals surface area contributed by atoms with Gasteiger partial charge in [-0.3, -0.25) is 9.59 Å². The number of allylic oxidation sites excluding steroid dienone is 2. The van der Waals surface area contributed by atoms with Crippen LogP contribution >= 0.6 is 0 Å². The first kappa shape index (κ1) is 73.6. The number of unbranched alkanes of at least 4 members (excludes halogenated alkanes) is 52. The van der Waals surface area contributed by atoms with Crippen molar-refractivity contribution in [1.82, 2.24) is 5.32 Å². The lowest BCUT2D eigenvalue weighted by atomic mass is 10.0. The standard InChI is InChI=1S/C69H135NO5/c1-3-5-7-9-11-13-15-17-19-20-21-22-23-24-25-26-28-31-34-37-41-45-49-53-57-61-67(72)66(65-71)70-68(73)62-58-54-50-46-42-38-35-32-29-27-30-33-36-40-44-48-52-56-60-64-75-69(74)63-59-55-51-47-43-39-18-16-14-12-10-8-6-4-2/h27,29,66-67,71-72H,3-26,28,30-65H2,1-2H3,(H,70,73)/b29-27-. The number of hydrogen-bond acceptors (Lipinski definition) is 5. The molecule has 2 atom stereocenters. The number of carbonyl (C=O) groups is 2. The molecule has 6 heteroatoms. The maximum atomic E-state index is 12.5. The van der Waals surface area contributed by atoms with Gasteiger partial charge in [0.15, 0.2) is 0 Å². The molecular formula is C69H135NO5. The van der Waals surface area contributed by atoms with Gasteiger partial charge in [-0.05, 0) is 51.4 Å². The fraction of sp³-hybridized carbons (Fsp3) is 0.942. The lowest BCUT2D eigenvalue weighted by Gasteiger charge is -2.22. The topological polar surface area (TPSA) is 95.9 Å². The summed E-state index contributed by atoms with van der Waals surface area (Å²) >= 11 is 0. The van der Waals surface area contributed by atoms with Gasteiger partial charge in [-0.2, -0.15) is 0 Å². The molecule has 1 amide bonds. The summed E-state index contributed by atoms with van der Waals surface area (Å²) in [6.07, 6.45) is 79.6. The van der Waals surface area contributed by atoms with Crippen LogP contribution in [-0.4, -0.2) is 47.4 Å². The van der Waals surface area contributed by atoms with E-state index in [2.05, 4.69) is 31.3 Å². The Kier molecular flexibility index (Phi) is 63.9. The van der Waals surface area contributed by atoms with Gasteiger partial charge in [0.2, 0.25) is 5.91 Å². The van der Waals surface area contributed by atoms with Gasteiger partial charge >= 0.3 is 5.97 Å². The summed E-state index contributed by atoms with van der Waals surface area (Å²) in [5.41, 5.74) is 0. The highest BCUT2D eigenvalue weighted by Gasteiger charge is 2.20. The predicted octanol–water partition coefficient (Wildman–Crippen LogP) is 22.0. The van der Waals surface area contributed by atoms with Crippen LogP contribution in [0, 0.1) is 0 Å². The number of aliphatic hydroxyl groups is 2. The second-order valence-electron chi connectivity index (χ2n) is 23.9. The summed E-state index contributed by atoms with van der Waals surface area (Å²) in [5, 5.41) is 23.4. The van der Waals surface area contributed by atoms with Crippen molar-refractivity contribution in [2.45, 2.75) is 405 Å². The molecule has 0 bridgehead atoms. The van der Waals surface area contributed by atoms with Gasteiger partial charge in [-0.15, -0.1) is 0 Å². The minimum absolute atomic E-state index is 0.00755. The summed E-state index contributed by atoms with van der Waals surface area (Å²) in [6.45, 7) is 4.98. The van der Waals surface area contributed by atoms with Gasteiger partial charge in [0.25, 0.3) is 0 Å². The number of hydrogen-bond donors (Lipinski definition) is 3. The van der Waals surface area contributed by atoms with Crippen molar-refractivity contribution in [1.29, 1.82) is 0 Å². The minimum Gasteiger partial charge on any atom is -0.466 e. The number of ether oxygens (including phenoxy) is 1. The molecule has 3 N–H and O–H groups in total. The number of nitrogens with one attached hydrogen (secondary N) is 1. The van der Waals surface area contributed by atoms with Crippen LogP contribution in [0.3, 0.4) is 0 Å². The van der Waals surface area contributed by atoms with Crippen molar-refractivity contribution >= 4 is 11.9 Å². The highest BCUT2D eigenvalue weighted by atomic mass is 16.5. The van der Waals surface area contributed by atoms with E-state index in [0.717, 1.165) is 38.5 Å². The molecule has 0 rings (SSSR count). The predicted molar refractivity (Wildman–Crippen MR) is 329 cm³/mol. The van der Waals surface area contributed by atoms with E-state index >= 15 is 0 Å². The summed E-state index contributed by atoms with van der Waals surface area (Å²) in [5.74, 6) is -0.0319. The Morgan fingerprint density at radius 1 is 0.360 bits per heavy atom. The van der Waals surface area contributed by atoms with Gasteiger partial charge in [-0.1, -0.05) is 341 Å². The van der Waals surface area contributed by atoms with Crippen molar-refractivity contribution < 1.29 is 24.5 Å². The summed E-state index contributed by atoms with van der Waals surface area (Å²) < 4.78 is 5.48. The number of aliphatic hydroxyl groups excluding tert-OH is 2. The SMILES string of the molecule is CCCCCCCCCCCCCCCCCCCCCCCCCCCC(O)C(CO)NC(=O)CCCCCCCCC/C=C\CCCCCCCCCCOC(=O)CCCCCCCCCCCCCCCC. The molecule has 0 heterocycles. The monoisotopic (exact) mass is 1060 g/mol. The van der Waals surface area contributed by atoms with Crippen LogP contribution in [0.5, 0.6) is 0 Å². The average Bonchev–Trinajstić information content (AvgIpc) is 3.41. The van der Waals surface area contributed by atoms with Gasteiger partial charge in [-0.25, -0.2) is 0 Å². The smallest absolute Gasteiger partial charge is 0.305 e. The molecule has 0 saturated heterocycles. The Morgan fingerprint density at radius 2 is 0.627 bits per heavy atom. The van der Waals surface area contributed by atoms with E-state index in [4.69, 9.17) is 4.74 Å². The van der Waals surface area contributed by atoms with Crippen LogP contribution in [-0.2, 0) is 14.3 Å². The van der Waals surface area contributed by atoms with Crippen molar-refractivity contribution in [3.8, 4) is 0 Å². The van der Waals surface area contributed by atoms with E-state index in [-0.39, 0.29) is 18.5 Å². The second-order valence-corrected chi connectivity index (χ2v) is 23.9. The molecule has 0 fully saturated rings. The number of carbonyl (C=O) groups excluding carboxylic acids is 2.